The van der Waals surface area contributed by atoms with Crippen molar-refractivity contribution < 1.29 is 0 Å². The van der Waals surface area contributed by atoms with Gasteiger partial charge in [-0.15, -0.1) is 0 Å². The van der Waals surface area contributed by atoms with Gasteiger partial charge in [0.25, 0.3) is 0 Å². The number of likely N-dealkylation sites (tertiary alicyclic amines) is 1. The van der Waals surface area contributed by atoms with Crippen LogP contribution in [0.3, 0.4) is 0 Å². The molecule has 1 saturated heterocycles. The number of aryl methyl sites for hydroxylation is 1. The van der Waals surface area contributed by atoms with Gasteiger partial charge >= 0.3 is 0 Å². The molecule has 1 heterocycles. The van der Waals surface area contributed by atoms with Gasteiger partial charge in [0.15, 0.2) is 5.11 Å². The van der Waals surface area contributed by atoms with Crippen LogP contribution in [0.5, 0.6) is 0 Å². The first-order valence-corrected chi connectivity index (χ1v) is 12.0. The molecule has 0 radical (unpaired) electrons. The molecule has 2 aliphatic rings. The van der Waals surface area contributed by atoms with E-state index in [4.69, 9.17) is 23.8 Å². The Morgan fingerprint density at radius 2 is 1.70 bits per heavy atom. The van der Waals surface area contributed by atoms with Crippen LogP contribution in [-0.4, -0.2) is 35.2 Å². The van der Waals surface area contributed by atoms with Crippen molar-refractivity contribution in [2.24, 2.45) is 5.92 Å². The van der Waals surface area contributed by atoms with Crippen molar-refractivity contribution in [3.05, 3.63) is 64.7 Å². The summed E-state index contributed by atoms with van der Waals surface area (Å²) in [5.41, 5.74) is 3.72. The van der Waals surface area contributed by atoms with Gasteiger partial charge in [-0.25, -0.2) is 0 Å². The highest BCUT2D eigenvalue weighted by Gasteiger charge is 2.34. The van der Waals surface area contributed by atoms with Crippen molar-refractivity contribution in [1.29, 1.82) is 0 Å². The molecule has 2 aromatic rings. The summed E-state index contributed by atoms with van der Waals surface area (Å²) in [6.45, 7) is 4.49. The molecule has 0 bridgehead atoms. The van der Waals surface area contributed by atoms with Crippen LogP contribution in [0.15, 0.2) is 48.5 Å². The second-order valence-electron chi connectivity index (χ2n) is 8.88. The number of hydrogen-bond acceptors (Lipinski definition) is 2. The lowest BCUT2D eigenvalue weighted by molar-refractivity contribution is 0.122. The molecule has 5 heteroatoms. The van der Waals surface area contributed by atoms with Gasteiger partial charge in [-0.1, -0.05) is 41.4 Å². The van der Waals surface area contributed by atoms with Crippen molar-refractivity contribution >= 4 is 34.6 Å². The molecular formula is C25H32ClN3S. The fourth-order valence-corrected chi connectivity index (χ4v) is 5.36. The minimum absolute atomic E-state index is 0.447. The zero-order chi connectivity index (χ0) is 20.9. The normalized spacial score (nSPS) is 22.7. The molecule has 0 aromatic heterocycles. The molecule has 3 nitrogen and oxygen atoms in total. The first kappa shape index (κ1) is 21.6. The van der Waals surface area contributed by atoms with E-state index in [1.807, 2.05) is 12.1 Å². The van der Waals surface area contributed by atoms with E-state index in [9.17, 15) is 0 Å². The molecule has 2 atom stereocenters. The molecular weight excluding hydrogens is 410 g/mol. The molecule has 160 valence electrons. The van der Waals surface area contributed by atoms with Crippen molar-refractivity contribution in [2.45, 2.75) is 57.5 Å². The lowest BCUT2D eigenvalue weighted by Gasteiger charge is -2.39. The van der Waals surface area contributed by atoms with Crippen molar-refractivity contribution in [3.8, 4) is 0 Å². The fraction of sp³-hybridized carbons (Fsp3) is 0.480. The summed E-state index contributed by atoms with van der Waals surface area (Å²) in [4.78, 5) is 2.71. The standard InChI is InChI=1S/C25H32ClN3S/c1-18-5-11-22(12-6-18)27-25(30)28-23-3-2-4-24(23)29-15-13-20(14-16-29)17-19-7-9-21(26)10-8-19/h5-12,20,23-24H,2-4,13-17H2,1H3,(H2,27,28,30). The summed E-state index contributed by atoms with van der Waals surface area (Å²) >= 11 is 11.6. The Hall–Kier alpha value is -1.62. The minimum atomic E-state index is 0.447. The van der Waals surface area contributed by atoms with E-state index in [0.717, 1.165) is 21.7 Å². The maximum absolute atomic E-state index is 6.02. The molecule has 2 aromatic carbocycles. The number of thiocarbonyl (C=S) groups is 1. The highest BCUT2D eigenvalue weighted by molar-refractivity contribution is 7.80. The molecule has 2 N–H and O–H groups in total. The average Bonchev–Trinajstić information content (AvgIpc) is 3.20. The lowest BCUT2D eigenvalue weighted by Crippen LogP contribution is -2.51. The third-order valence-electron chi connectivity index (χ3n) is 6.66. The van der Waals surface area contributed by atoms with Gasteiger partial charge in [0, 0.05) is 22.8 Å². The minimum Gasteiger partial charge on any atom is -0.358 e. The number of piperidine rings is 1. The van der Waals surface area contributed by atoms with E-state index in [2.05, 4.69) is 58.9 Å². The molecule has 1 aliphatic heterocycles. The molecule has 0 spiro atoms. The van der Waals surface area contributed by atoms with Gasteiger partial charge in [0.1, 0.15) is 0 Å². The first-order chi connectivity index (χ1) is 14.6. The second kappa shape index (κ2) is 10.1. The van der Waals surface area contributed by atoms with Crippen LogP contribution in [-0.2, 0) is 6.42 Å². The monoisotopic (exact) mass is 441 g/mol. The number of rotatable bonds is 5. The predicted octanol–water partition coefficient (Wildman–Crippen LogP) is 5.81. The predicted molar refractivity (Wildman–Crippen MR) is 131 cm³/mol. The van der Waals surface area contributed by atoms with Crippen LogP contribution in [0.2, 0.25) is 5.02 Å². The van der Waals surface area contributed by atoms with Crippen molar-refractivity contribution in [2.75, 3.05) is 18.4 Å². The number of hydrogen-bond donors (Lipinski definition) is 2. The highest BCUT2D eigenvalue weighted by atomic mass is 35.5. The van der Waals surface area contributed by atoms with Crippen LogP contribution >= 0.6 is 23.8 Å². The van der Waals surface area contributed by atoms with E-state index in [0.29, 0.717) is 12.1 Å². The summed E-state index contributed by atoms with van der Waals surface area (Å²) in [6, 6.07) is 17.8. The van der Waals surface area contributed by atoms with Crippen LogP contribution in [0.25, 0.3) is 0 Å². The van der Waals surface area contributed by atoms with Crippen LogP contribution in [0, 0.1) is 12.8 Å². The fourth-order valence-electron chi connectivity index (χ4n) is 4.96. The number of nitrogens with zero attached hydrogens (tertiary/aromatic N) is 1. The van der Waals surface area contributed by atoms with Crippen LogP contribution in [0.1, 0.15) is 43.2 Å². The zero-order valence-corrected chi connectivity index (χ0v) is 19.3. The quantitative estimate of drug-likeness (QED) is 0.572. The van der Waals surface area contributed by atoms with Gasteiger partial charge in [0.05, 0.1) is 0 Å². The van der Waals surface area contributed by atoms with E-state index >= 15 is 0 Å². The number of anilines is 1. The SMILES string of the molecule is Cc1ccc(NC(=S)NC2CCCC2N2CCC(Cc3ccc(Cl)cc3)CC2)cc1. The summed E-state index contributed by atoms with van der Waals surface area (Å²) in [5, 5.41) is 8.53. The van der Waals surface area contributed by atoms with Gasteiger partial charge in [-0.2, -0.15) is 0 Å². The summed E-state index contributed by atoms with van der Waals surface area (Å²) in [5.74, 6) is 0.777. The lowest BCUT2D eigenvalue weighted by atomic mass is 9.89. The van der Waals surface area contributed by atoms with Crippen molar-refractivity contribution in [3.63, 3.8) is 0 Å². The highest BCUT2D eigenvalue weighted by Crippen LogP contribution is 2.30. The smallest absolute Gasteiger partial charge is 0.171 e. The summed E-state index contributed by atoms with van der Waals surface area (Å²) in [6.07, 6.45) is 7.47. The third kappa shape index (κ3) is 5.75. The molecule has 30 heavy (non-hydrogen) atoms. The van der Waals surface area contributed by atoms with Crippen LogP contribution < -0.4 is 10.6 Å². The van der Waals surface area contributed by atoms with E-state index in [1.54, 1.807) is 0 Å². The van der Waals surface area contributed by atoms with Crippen molar-refractivity contribution in [1.82, 2.24) is 10.2 Å². The van der Waals surface area contributed by atoms with Gasteiger partial charge in [-0.3, -0.25) is 4.90 Å². The molecule has 1 aliphatic carbocycles. The Bertz CT molecular complexity index is 828. The molecule has 2 fully saturated rings. The van der Waals surface area contributed by atoms with Gasteiger partial charge in [-0.05, 0) is 107 Å². The largest absolute Gasteiger partial charge is 0.358 e. The summed E-state index contributed by atoms with van der Waals surface area (Å²) < 4.78 is 0. The number of nitrogens with one attached hydrogen (secondary N) is 2. The van der Waals surface area contributed by atoms with Gasteiger partial charge < -0.3 is 10.6 Å². The third-order valence-corrected chi connectivity index (χ3v) is 7.13. The Balaban J connectivity index is 1.26. The van der Waals surface area contributed by atoms with Crippen LogP contribution in [0.4, 0.5) is 5.69 Å². The van der Waals surface area contributed by atoms with E-state index in [-0.39, 0.29) is 0 Å². The topological polar surface area (TPSA) is 27.3 Å². The maximum atomic E-state index is 6.02. The Morgan fingerprint density at radius 3 is 2.40 bits per heavy atom. The average molecular weight is 442 g/mol. The maximum Gasteiger partial charge on any atom is 0.171 e. The molecule has 4 rings (SSSR count). The Labute approximate surface area is 191 Å². The Kier molecular flexibility index (Phi) is 7.29. The molecule has 2 unspecified atom stereocenters. The summed E-state index contributed by atoms with van der Waals surface area (Å²) in [7, 11) is 0. The first-order valence-electron chi connectivity index (χ1n) is 11.2. The second-order valence-corrected chi connectivity index (χ2v) is 9.72. The molecule has 0 amide bonds. The van der Waals surface area contributed by atoms with E-state index in [1.165, 1.54) is 62.7 Å². The number of halogens is 1. The van der Waals surface area contributed by atoms with E-state index < -0.39 is 0 Å². The number of benzene rings is 2. The van der Waals surface area contributed by atoms with Gasteiger partial charge in [0.2, 0.25) is 0 Å². The molecule has 1 saturated carbocycles. The zero-order valence-electron chi connectivity index (χ0n) is 17.7. The Morgan fingerprint density at radius 1 is 1.00 bits per heavy atom.